The van der Waals surface area contributed by atoms with E-state index in [1.54, 1.807) is 30.4 Å². The molecule has 0 aromatic carbocycles. The Bertz CT molecular complexity index is 377. The van der Waals surface area contributed by atoms with Crippen LogP contribution < -0.4 is 5.73 Å². The second-order valence-corrected chi connectivity index (χ2v) is 3.80. The van der Waals surface area contributed by atoms with E-state index in [0.29, 0.717) is 5.88 Å². The van der Waals surface area contributed by atoms with E-state index in [1.165, 1.54) is 4.90 Å². The first-order valence-corrected chi connectivity index (χ1v) is 5.07. The van der Waals surface area contributed by atoms with Crippen LogP contribution in [0.15, 0.2) is 30.7 Å². The van der Waals surface area contributed by atoms with Gasteiger partial charge in [0.15, 0.2) is 0 Å². The monoisotopic (exact) mass is 207 g/mol. The summed E-state index contributed by atoms with van der Waals surface area (Å²) in [5.74, 6) is 0.583. The maximum absolute atomic E-state index is 10.9. The molecule has 0 spiro atoms. The Morgan fingerprint density at radius 1 is 1.64 bits per heavy atom. The van der Waals surface area contributed by atoms with E-state index in [9.17, 15) is 4.79 Å². The second-order valence-electron chi connectivity index (χ2n) is 2.82. The fourth-order valence-corrected chi connectivity index (χ4v) is 2.12. The lowest BCUT2D eigenvalue weighted by Crippen LogP contribution is -2.28. The van der Waals surface area contributed by atoms with Crippen LogP contribution in [0, 0.1) is 0 Å². The molecule has 0 atom stereocenters. The Morgan fingerprint density at radius 2 is 2.50 bits per heavy atom. The number of nitrogens with two attached hydrogens (primary N) is 1. The molecule has 0 saturated heterocycles. The van der Waals surface area contributed by atoms with E-state index < -0.39 is 6.03 Å². The molecule has 2 heterocycles. The molecule has 0 saturated carbocycles. The van der Waals surface area contributed by atoms with Crippen LogP contribution in [0.3, 0.4) is 0 Å². The highest BCUT2D eigenvalue weighted by molar-refractivity contribution is 8.08. The van der Waals surface area contributed by atoms with Crippen molar-refractivity contribution in [2.24, 2.45) is 5.73 Å². The minimum Gasteiger partial charge on any atom is -0.351 e. The van der Waals surface area contributed by atoms with Gasteiger partial charge >= 0.3 is 6.03 Å². The van der Waals surface area contributed by atoms with Crippen molar-refractivity contribution in [3.63, 3.8) is 0 Å². The SMILES string of the molecule is NC(=O)N1C=C(c2cccnc2)SC1. The molecule has 0 unspecified atom stereocenters. The number of urea groups is 1. The molecule has 72 valence electrons. The number of hydrogen-bond donors (Lipinski definition) is 1. The van der Waals surface area contributed by atoms with Crippen LogP contribution in [0.4, 0.5) is 4.79 Å². The van der Waals surface area contributed by atoms with E-state index in [0.717, 1.165) is 10.5 Å². The molecule has 1 aromatic rings. The minimum absolute atomic E-state index is 0.420. The van der Waals surface area contributed by atoms with Crippen molar-refractivity contribution in [2.45, 2.75) is 0 Å². The van der Waals surface area contributed by atoms with E-state index in [2.05, 4.69) is 4.98 Å². The molecule has 0 aliphatic carbocycles. The predicted octanol–water partition coefficient (Wildman–Crippen LogP) is 1.47. The Labute approximate surface area is 85.8 Å². The van der Waals surface area contributed by atoms with Gasteiger partial charge in [-0.05, 0) is 6.07 Å². The molecule has 2 rings (SSSR count). The number of rotatable bonds is 1. The quantitative estimate of drug-likeness (QED) is 0.758. The molecule has 1 aliphatic heterocycles. The largest absolute Gasteiger partial charge is 0.351 e. The number of aromatic nitrogens is 1. The van der Waals surface area contributed by atoms with Crippen molar-refractivity contribution in [3.8, 4) is 0 Å². The van der Waals surface area contributed by atoms with Crippen LogP contribution in [-0.4, -0.2) is 21.8 Å². The van der Waals surface area contributed by atoms with Gasteiger partial charge in [0.25, 0.3) is 0 Å². The number of primary amides is 1. The Morgan fingerprint density at radius 3 is 3.07 bits per heavy atom. The number of carbonyl (C=O) groups excluding carboxylic acids is 1. The van der Waals surface area contributed by atoms with Gasteiger partial charge in [0, 0.05) is 29.1 Å². The van der Waals surface area contributed by atoms with Crippen molar-refractivity contribution >= 4 is 22.7 Å². The molecule has 2 N–H and O–H groups in total. The van der Waals surface area contributed by atoms with Gasteiger partial charge in [0.1, 0.15) is 0 Å². The third-order valence-corrected chi connectivity index (χ3v) is 2.92. The molecule has 5 heteroatoms. The van der Waals surface area contributed by atoms with E-state index in [4.69, 9.17) is 5.73 Å². The molecule has 0 radical (unpaired) electrons. The highest BCUT2D eigenvalue weighted by Crippen LogP contribution is 2.33. The summed E-state index contributed by atoms with van der Waals surface area (Å²) < 4.78 is 0. The first kappa shape index (κ1) is 9.08. The number of amides is 2. The lowest BCUT2D eigenvalue weighted by Gasteiger charge is -2.05. The average molecular weight is 207 g/mol. The van der Waals surface area contributed by atoms with Gasteiger partial charge in [0.05, 0.1) is 5.88 Å². The van der Waals surface area contributed by atoms with E-state index >= 15 is 0 Å². The van der Waals surface area contributed by atoms with Gasteiger partial charge in [-0.2, -0.15) is 0 Å². The highest BCUT2D eigenvalue weighted by atomic mass is 32.2. The van der Waals surface area contributed by atoms with Crippen LogP contribution in [0.5, 0.6) is 0 Å². The van der Waals surface area contributed by atoms with Crippen LogP contribution >= 0.6 is 11.8 Å². The van der Waals surface area contributed by atoms with Gasteiger partial charge in [0.2, 0.25) is 0 Å². The Balaban J connectivity index is 2.22. The zero-order valence-corrected chi connectivity index (χ0v) is 8.20. The average Bonchev–Trinajstić information content (AvgIpc) is 2.68. The summed E-state index contributed by atoms with van der Waals surface area (Å²) in [5, 5.41) is 0. The maximum Gasteiger partial charge on any atom is 0.319 e. The summed E-state index contributed by atoms with van der Waals surface area (Å²) in [7, 11) is 0. The van der Waals surface area contributed by atoms with Crippen molar-refractivity contribution in [2.75, 3.05) is 5.88 Å². The fourth-order valence-electron chi connectivity index (χ4n) is 1.15. The van der Waals surface area contributed by atoms with Crippen molar-refractivity contribution in [1.29, 1.82) is 0 Å². The molecule has 2 amide bonds. The lowest BCUT2D eigenvalue weighted by molar-refractivity contribution is 0.231. The number of thioether (sulfide) groups is 1. The molecular formula is C9H9N3OS. The summed E-state index contributed by atoms with van der Waals surface area (Å²) in [6.07, 6.45) is 5.24. The number of nitrogens with zero attached hydrogens (tertiary/aromatic N) is 2. The van der Waals surface area contributed by atoms with Crippen LogP contribution in [0.25, 0.3) is 4.91 Å². The van der Waals surface area contributed by atoms with Crippen LogP contribution in [0.2, 0.25) is 0 Å². The van der Waals surface area contributed by atoms with E-state index in [-0.39, 0.29) is 0 Å². The molecule has 4 nitrogen and oxygen atoms in total. The standard InChI is InChI=1S/C9H9N3OS/c10-9(13)12-5-8(14-6-12)7-2-1-3-11-4-7/h1-5H,6H2,(H2,10,13). The molecule has 14 heavy (non-hydrogen) atoms. The Hall–Kier alpha value is -1.49. The predicted molar refractivity (Wildman–Crippen MR) is 56.1 cm³/mol. The lowest BCUT2D eigenvalue weighted by atomic mass is 10.3. The molecule has 0 bridgehead atoms. The number of carbonyl (C=O) groups is 1. The Kier molecular flexibility index (Phi) is 2.41. The summed E-state index contributed by atoms with van der Waals surface area (Å²) in [6.45, 7) is 0. The second kappa shape index (κ2) is 3.71. The minimum atomic E-state index is -0.420. The smallest absolute Gasteiger partial charge is 0.319 e. The van der Waals surface area contributed by atoms with Crippen molar-refractivity contribution < 1.29 is 4.79 Å². The van der Waals surface area contributed by atoms with Gasteiger partial charge < -0.3 is 5.73 Å². The summed E-state index contributed by atoms with van der Waals surface area (Å²) in [5.41, 5.74) is 6.17. The van der Waals surface area contributed by atoms with Gasteiger partial charge in [-0.1, -0.05) is 6.07 Å². The first-order valence-electron chi connectivity index (χ1n) is 4.08. The van der Waals surface area contributed by atoms with Crippen molar-refractivity contribution in [3.05, 3.63) is 36.3 Å². The third-order valence-electron chi connectivity index (χ3n) is 1.86. The molecular weight excluding hydrogens is 198 g/mol. The molecule has 1 aliphatic rings. The van der Waals surface area contributed by atoms with E-state index in [1.807, 2.05) is 12.1 Å². The first-order chi connectivity index (χ1) is 6.77. The van der Waals surface area contributed by atoms with Crippen LogP contribution in [-0.2, 0) is 0 Å². The summed E-state index contributed by atoms with van der Waals surface area (Å²) >= 11 is 1.58. The third kappa shape index (κ3) is 1.72. The topological polar surface area (TPSA) is 59.2 Å². The van der Waals surface area contributed by atoms with Crippen molar-refractivity contribution in [1.82, 2.24) is 9.88 Å². The number of hydrogen-bond acceptors (Lipinski definition) is 3. The highest BCUT2D eigenvalue weighted by Gasteiger charge is 2.17. The maximum atomic E-state index is 10.9. The zero-order valence-electron chi connectivity index (χ0n) is 7.38. The zero-order chi connectivity index (χ0) is 9.97. The van der Waals surface area contributed by atoms with Gasteiger partial charge in [-0.25, -0.2) is 4.79 Å². The number of pyridine rings is 1. The fraction of sp³-hybridized carbons (Fsp3) is 0.111. The normalized spacial score (nSPS) is 15.4. The van der Waals surface area contributed by atoms with Crippen LogP contribution in [0.1, 0.15) is 5.56 Å². The molecule has 0 fully saturated rings. The van der Waals surface area contributed by atoms with Gasteiger partial charge in [-0.15, -0.1) is 11.8 Å². The molecule has 1 aromatic heterocycles. The summed E-state index contributed by atoms with van der Waals surface area (Å²) in [6, 6.07) is 3.40. The summed E-state index contributed by atoms with van der Waals surface area (Å²) in [4.78, 5) is 17.4. The van der Waals surface area contributed by atoms with Gasteiger partial charge in [-0.3, -0.25) is 9.88 Å².